The third-order valence-corrected chi connectivity index (χ3v) is 2.79. The Hall–Kier alpha value is -1.03. The van der Waals surface area contributed by atoms with Gasteiger partial charge in [0.15, 0.2) is 0 Å². The van der Waals surface area contributed by atoms with E-state index in [2.05, 4.69) is 15.9 Å². The van der Waals surface area contributed by atoms with Gasteiger partial charge < -0.3 is 9.84 Å². The summed E-state index contributed by atoms with van der Waals surface area (Å²) in [7, 11) is 1.60. The second kappa shape index (κ2) is 5.34. The largest absolute Gasteiger partial charge is 0.496 e. The molecule has 1 rings (SSSR count). The van der Waals surface area contributed by atoms with Crippen LogP contribution >= 0.6 is 15.9 Å². The molecule has 0 spiro atoms. The fraction of sp³-hybridized carbons (Fsp3) is 0.417. The molecular formula is C12H15BrO3. The lowest BCUT2D eigenvalue weighted by atomic mass is 9.94. The van der Waals surface area contributed by atoms with Gasteiger partial charge in [0.2, 0.25) is 0 Å². The quantitative estimate of drug-likeness (QED) is 0.925. The second-order valence-electron chi connectivity index (χ2n) is 3.91. The zero-order chi connectivity index (χ0) is 12.3. The van der Waals surface area contributed by atoms with Crippen LogP contribution in [0.25, 0.3) is 0 Å². The number of methoxy groups -OCH3 is 1. The molecular weight excluding hydrogens is 272 g/mol. The van der Waals surface area contributed by atoms with Gasteiger partial charge in [-0.1, -0.05) is 29.8 Å². The molecule has 0 radical (unpaired) electrons. The lowest BCUT2D eigenvalue weighted by Crippen LogP contribution is -2.06. The number of aliphatic carboxylic acids is 1. The summed E-state index contributed by atoms with van der Waals surface area (Å²) in [5.74, 6) is 0.139. The first kappa shape index (κ1) is 13.0. The van der Waals surface area contributed by atoms with Crippen LogP contribution in [-0.2, 0) is 11.2 Å². The Morgan fingerprint density at radius 2 is 2.12 bits per heavy atom. The summed E-state index contributed by atoms with van der Waals surface area (Å²) < 4.78 is 6.12. The maximum Gasteiger partial charge on any atom is 0.307 e. The monoisotopic (exact) mass is 286 g/mol. The summed E-state index contributed by atoms with van der Waals surface area (Å²) in [5.41, 5.74) is 1.77. The maximum absolute atomic E-state index is 10.8. The number of hydrogen-bond donors (Lipinski definition) is 1. The number of ether oxygens (including phenoxy) is 1. The zero-order valence-electron chi connectivity index (χ0n) is 9.58. The van der Waals surface area contributed by atoms with E-state index in [0.29, 0.717) is 0 Å². The highest BCUT2D eigenvalue weighted by Crippen LogP contribution is 2.33. The van der Waals surface area contributed by atoms with Crippen molar-refractivity contribution in [1.29, 1.82) is 0 Å². The van der Waals surface area contributed by atoms with Crippen molar-refractivity contribution in [2.75, 3.05) is 7.11 Å². The van der Waals surface area contributed by atoms with Crippen molar-refractivity contribution >= 4 is 21.9 Å². The summed E-state index contributed by atoms with van der Waals surface area (Å²) in [4.78, 5) is 10.8. The predicted molar refractivity (Wildman–Crippen MR) is 66.1 cm³/mol. The van der Waals surface area contributed by atoms with Crippen LogP contribution < -0.4 is 4.74 Å². The highest BCUT2D eigenvalue weighted by molar-refractivity contribution is 9.10. The Balaban J connectivity index is 3.32. The topological polar surface area (TPSA) is 46.5 Å². The molecule has 0 fully saturated rings. The molecule has 1 N–H and O–H groups in total. The maximum atomic E-state index is 10.8. The van der Waals surface area contributed by atoms with E-state index >= 15 is 0 Å². The van der Waals surface area contributed by atoms with Crippen molar-refractivity contribution in [1.82, 2.24) is 0 Å². The number of carboxylic acids is 1. The highest BCUT2D eigenvalue weighted by atomic mass is 79.9. The van der Waals surface area contributed by atoms with E-state index < -0.39 is 5.97 Å². The van der Waals surface area contributed by atoms with Crippen molar-refractivity contribution in [3.8, 4) is 5.75 Å². The van der Waals surface area contributed by atoms with E-state index in [4.69, 9.17) is 9.84 Å². The Morgan fingerprint density at radius 1 is 1.50 bits per heavy atom. The summed E-state index contributed by atoms with van der Waals surface area (Å²) in [5, 5.41) is 8.87. The van der Waals surface area contributed by atoms with Crippen molar-refractivity contribution in [2.24, 2.45) is 0 Å². The van der Waals surface area contributed by atoms with Crippen LogP contribution in [0.15, 0.2) is 16.6 Å². The van der Waals surface area contributed by atoms with Gasteiger partial charge in [-0.2, -0.15) is 0 Å². The molecule has 0 saturated heterocycles. The molecule has 0 aliphatic carbocycles. The first-order chi connectivity index (χ1) is 7.45. The highest BCUT2D eigenvalue weighted by Gasteiger charge is 2.16. The van der Waals surface area contributed by atoms with Crippen LogP contribution in [0.5, 0.6) is 5.75 Å². The van der Waals surface area contributed by atoms with Crippen LogP contribution in [0.1, 0.15) is 30.9 Å². The fourth-order valence-corrected chi connectivity index (χ4v) is 2.26. The average molecular weight is 287 g/mol. The number of hydrogen-bond acceptors (Lipinski definition) is 2. The van der Waals surface area contributed by atoms with Crippen LogP contribution in [-0.4, -0.2) is 18.2 Å². The molecule has 0 heterocycles. The third-order valence-electron chi connectivity index (χ3n) is 2.33. The van der Waals surface area contributed by atoms with Gasteiger partial charge in [-0.3, -0.25) is 4.79 Å². The van der Waals surface area contributed by atoms with Crippen molar-refractivity contribution < 1.29 is 14.6 Å². The number of benzene rings is 1. The molecule has 1 aromatic rings. The van der Waals surface area contributed by atoms with Crippen LogP contribution in [0.4, 0.5) is 0 Å². The summed E-state index contributed by atoms with van der Waals surface area (Å²) in [6, 6.07) is 3.70. The second-order valence-corrected chi connectivity index (χ2v) is 4.82. The first-order valence-corrected chi connectivity index (χ1v) is 5.83. The molecule has 3 nitrogen and oxygen atoms in total. The molecule has 0 aliphatic heterocycles. The van der Waals surface area contributed by atoms with Gasteiger partial charge in [0.05, 0.1) is 13.5 Å². The lowest BCUT2D eigenvalue weighted by molar-refractivity contribution is -0.136. The van der Waals surface area contributed by atoms with Crippen LogP contribution in [0.2, 0.25) is 0 Å². The van der Waals surface area contributed by atoms with E-state index in [1.807, 2.05) is 26.0 Å². The normalized spacial score (nSPS) is 10.6. The molecule has 4 heteroatoms. The Morgan fingerprint density at radius 3 is 2.56 bits per heavy atom. The Bertz CT molecular complexity index is 399. The SMILES string of the molecule is COc1cc(Br)cc(CC(=O)O)c1C(C)C. The van der Waals surface area contributed by atoms with E-state index in [-0.39, 0.29) is 12.3 Å². The lowest BCUT2D eigenvalue weighted by Gasteiger charge is -2.16. The molecule has 0 unspecified atom stereocenters. The molecule has 0 saturated carbocycles. The predicted octanol–water partition coefficient (Wildman–Crippen LogP) is 3.21. The Labute approximate surface area is 104 Å². The molecule has 1 aromatic carbocycles. The minimum Gasteiger partial charge on any atom is -0.496 e. The number of carboxylic acid groups (broad SMARTS) is 1. The first-order valence-electron chi connectivity index (χ1n) is 5.03. The number of carbonyl (C=O) groups is 1. The molecule has 0 aliphatic rings. The molecule has 0 aromatic heterocycles. The van der Waals surface area contributed by atoms with E-state index in [1.54, 1.807) is 7.11 Å². The third kappa shape index (κ3) is 2.98. The van der Waals surface area contributed by atoms with Crippen molar-refractivity contribution in [3.05, 3.63) is 27.7 Å². The van der Waals surface area contributed by atoms with Gasteiger partial charge in [-0.25, -0.2) is 0 Å². The smallest absolute Gasteiger partial charge is 0.307 e. The van der Waals surface area contributed by atoms with Crippen molar-refractivity contribution in [3.63, 3.8) is 0 Å². The molecule has 16 heavy (non-hydrogen) atoms. The summed E-state index contributed by atoms with van der Waals surface area (Å²) in [6.45, 7) is 4.05. The zero-order valence-corrected chi connectivity index (χ0v) is 11.2. The van der Waals surface area contributed by atoms with Crippen LogP contribution in [0, 0.1) is 0 Å². The molecule has 88 valence electrons. The standard InChI is InChI=1S/C12H15BrO3/c1-7(2)12-8(5-11(14)15)4-9(13)6-10(12)16-3/h4,6-7H,5H2,1-3H3,(H,14,15). The molecule has 0 amide bonds. The van der Waals surface area contributed by atoms with Gasteiger partial charge in [-0.15, -0.1) is 0 Å². The van der Waals surface area contributed by atoms with E-state index in [9.17, 15) is 4.79 Å². The fourth-order valence-electron chi connectivity index (χ4n) is 1.78. The van der Waals surface area contributed by atoms with Gasteiger partial charge in [0.25, 0.3) is 0 Å². The van der Waals surface area contributed by atoms with Gasteiger partial charge in [0, 0.05) is 10.0 Å². The average Bonchev–Trinajstić information content (AvgIpc) is 2.14. The van der Waals surface area contributed by atoms with Gasteiger partial charge in [0.1, 0.15) is 5.75 Å². The summed E-state index contributed by atoms with van der Waals surface area (Å²) >= 11 is 3.35. The van der Waals surface area contributed by atoms with E-state index in [1.165, 1.54) is 0 Å². The minimum absolute atomic E-state index is 0.0172. The van der Waals surface area contributed by atoms with Crippen molar-refractivity contribution in [2.45, 2.75) is 26.2 Å². The minimum atomic E-state index is -0.831. The number of halogens is 1. The van der Waals surface area contributed by atoms with Gasteiger partial charge in [-0.05, 0) is 23.6 Å². The Kier molecular flexibility index (Phi) is 4.35. The van der Waals surface area contributed by atoms with Gasteiger partial charge >= 0.3 is 5.97 Å². The summed E-state index contributed by atoms with van der Waals surface area (Å²) in [6.07, 6.45) is 0.0172. The molecule has 0 bridgehead atoms. The molecule has 0 atom stereocenters. The van der Waals surface area contributed by atoms with Crippen LogP contribution in [0.3, 0.4) is 0 Å². The number of rotatable bonds is 4. The van der Waals surface area contributed by atoms with E-state index in [0.717, 1.165) is 21.3 Å².